The lowest BCUT2D eigenvalue weighted by atomic mass is 9.76. The van der Waals surface area contributed by atoms with Gasteiger partial charge in [-0.2, -0.15) is 0 Å². The molecule has 20 heavy (non-hydrogen) atoms. The molecule has 1 aliphatic carbocycles. The zero-order chi connectivity index (χ0) is 14.7. The summed E-state index contributed by atoms with van der Waals surface area (Å²) in [5.41, 5.74) is 0. The average Bonchev–Trinajstić information content (AvgIpc) is 2.40. The van der Waals surface area contributed by atoms with E-state index in [-0.39, 0.29) is 0 Å². The van der Waals surface area contributed by atoms with Crippen molar-refractivity contribution in [1.82, 2.24) is 15.1 Å². The molecular formula is C17H35N3. The molecule has 1 saturated carbocycles. The highest BCUT2D eigenvalue weighted by Crippen LogP contribution is 2.34. The SMILES string of the molecule is CCNC1CCC(C(C)C)CC1N1CCN(C)CC1C. The van der Waals surface area contributed by atoms with Crippen molar-refractivity contribution in [3.8, 4) is 0 Å². The number of hydrogen-bond donors (Lipinski definition) is 1. The van der Waals surface area contributed by atoms with Crippen LogP contribution in [0.2, 0.25) is 0 Å². The molecule has 0 aromatic rings. The van der Waals surface area contributed by atoms with Crippen LogP contribution < -0.4 is 5.32 Å². The number of nitrogens with zero attached hydrogens (tertiary/aromatic N) is 2. The summed E-state index contributed by atoms with van der Waals surface area (Å²) in [5, 5.41) is 3.77. The molecule has 0 aromatic carbocycles. The van der Waals surface area contributed by atoms with Gasteiger partial charge >= 0.3 is 0 Å². The van der Waals surface area contributed by atoms with Crippen molar-refractivity contribution in [2.24, 2.45) is 11.8 Å². The van der Waals surface area contributed by atoms with Crippen molar-refractivity contribution in [1.29, 1.82) is 0 Å². The summed E-state index contributed by atoms with van der Waals surface area (Å²) >= 11 is 0. The molecule has 0 bridgehead atoms. The summed E-state index contributed by atoms with van der Waals surface area (Å²) in [4.78, 5) is 5.29. The van der Waals surface area contributed by atoms with Crippen LogP contribution in [0.4, 0.5) is 0 Å². The lowest BCUT2D eigenvalue weighted by Gasteiger charge is -2.49. The second kappa shape index (κ2) is 7.24. The monoisotopic (exact) mass is 281 g/mol. The summed E-state index contributed by atoms with van der Waals surface area (Å²) in [6.07, 6.45) is 4.16. The van der Waals surface area contributed by atoms with Gasteiger partial charge in [0.1, 0.15) is 0 Å². The first-order valence-corrected chi connectivity index (χ1v) is 8.70. The zero-order valence-corrected chi connectivity index (χ0v) is 14.2. The summed E-state index contributed by atoms with van der Waals surface area (Å²) in [6, 6.07) is 2.16. The fourth-order valence-corrected chi connectivity index (χ4v) is 4.30. The van der Waals surface area contributed by atoms with Gasteiger partial charge in [0.25, 0.3) is 0 Å². The van der Waals surface area contributed by atoms with Crippen molar-refractivity contribution in [2.75, 3.05) is 33.2 Å². The average molecular weight is 281 g/mol. The minimum absolute atomic E-state index is 0.700. The Labute approximate surface area is 126 Å². The van der Waals surface area contributed by atoms with Crippen molar-refractivity contribution in [3.05, 3.63) is 0 Å². The largest absolute Gasteiger partial charge is 0.313 e. The van der Waals surface area contributed by atoms with E-state index in [0.29, 0.717) is 12.1 Å². The standard InChI is InChI=1S/C17H35N3/c1-6-18-16-8-7-15(13(2)3)11-17(16)20-10-9-19(5)12-14(20)4/h13-18H,6-12H2,1-5H3. The maximum absolute atomic E-state index is 3.77. The first-order valence-electron chi connectivity index (χ1n) is 8.70. The minimum Gasteiger partial charge on any atom is -0.313 e. The van der Waals surface area contributed by atoms with Gasteiger partial charge in [0.05, 0.1) is 0 Å². The van der Waals surface area contributed by atoms with Crippen LogP contribution in [0.15, 0.2) is 0 Å². The first-order chi connectivity index (χ1) is 9.52. The molecule has 0 amide bonds. The summed E-state index contributed by atoms with van der Waals surface area (Å²) < 4.78 is 0. The lowest BCUT2D eigenvalue weighted by Crippen LogP contribution is -2.61. The molecule has 0 aromatic heterocycles. The quantitative estimate of drug-likeness (QED) is 0.854. The van der Waals surface area contributed by atoms with Crippen LogP contribution in [0.1, 0.15) is 47.0 Å². The molecule has 1 N–H and O–H groups in total. The van der Waals surface area contributed by atoms with Gasteiger partial charge in [-0.15, -0.1) is 0 Å². The van der Waals surface area contributed by atoms with Gasteiger partial charge in [-0.25, -0.2) is 0 Å². The lowest BCUT2D eigenvalue weighted by molar-refractivity contribution is 0.0132. The van der Waals surface area contributed by atoms with Gasteiger partial charge in [-0.3, -0.25) is 4.90 Å². The Morgan fingerprint density at radius 2 is 1.95 bits per heavy atom. The molecule has 4 unspecified atom stereocenters. The fourth-order valence-electron chi connectivity index (χ4n) is 4.30. The van der Waals surface area contributed by atoms with E-state index in [1.807, 2.05) is 0 Å². The molecule has 1 saturated heterocycles. The van der Waals surface area contributed by atoms with Crippen LogP contribution in [-0.4, -0.2) is 61.2 Å². The van der Waals surface area contributed by atoms with Crippen molar-refractivity contribution in [3.63, 3.8) is 0 Å². The van der Waals surface area contributed by atoms with E-state index in [1.165, 1.54) is 38.9 Å². The number of piperazine rings is 1. The zero-order valence-electron chi connectivity index (χ0n) is 14.2. The summed E-state index contributed by atoms with van der Waals surface area (Å²) in [7, 11) is 2.26. The van der Waals surface area contributed by atoms with Gasteiger partial charge in [-0.05, 0) is 51.6 Å². The molecule has 1 aliphatic heterocycles. The molecule has 2 aliphatic rings. The topological polar surface area (TPSA) is 18.5 Å². The van der Waals surface area contributed by atoms with E-state index < -0.39 is 0 Å². The van der Waals surface area contributed by atoms with Crippen LogP contribution in [0.25, 0.3) is 0 Å². The minimum atomic E-state index is 0.700. The molecule has 3 nitrogen and oxygen atoms in total. The van der Waals surface area contributed by atoms with Gasteiger partial charge in [0, 0.05) is 37.8 Å². The van der Waals surface area contributed by atoms with Crippen LogP contribution in [0.5, 0.6) is 0 Å². The third-order valence-corrected chi connectivity index (χ3v) is 5.57. The molecule has 2 fully saturated rings. The van der Waals surface area contributed by atoms with Gasteiger partial charge in [-0.1, -0.05) is 20.8 Å². The molecular weight excluding hydrogens is 246 g/mol. The third-order valence-electron chi connectivity index (χ3n) is 5.57. The van der Waals surface area contributed by atoms with Gasteiger partial charge in [0.15, 0.2) is 0 Å². The van der Waals surface area contributed by atoms with Crippen LogP contribution in [-0.2, 0) is 0 Å². The Morgan fingerprint density at radius 3 is 2.55 bits per heavy atom. The highest BCUT2D eigenvalue weighted by molar-refractivity contribution is 4.95. The smallest absolute Gasteiger partial charge is 0.0255 e. The Morgan fingerprint density at radius 1 is 1.20 bits per heavy atom. The van der Waals surface area contributed by atoms with Gasteiger partial charge in [0.2, 0.25) is 0 Å². The van der Waals surface area contributed by atoms with Crippen LogP contribution >= 0.6 is 0 Å². The molecule has 1 heterocycles. The fraction of sp³-hybridized carbons (Fsp3) is 1.00. The van der Waals surface area contributed by atoms with Crippen molar-refractivity contribution < 1.29 is 0 Å². The summed E-state index contributed by atoms with van der Waals surface area (Å²) in [6.45, 7) is 14.3. The van der Waals surface area contributed by atoms with E-state index in [9.17, 15) is 0 Å². The molecule has 118 valence electrons. The van der Waals surface area contributed by atoms with Crippen molar-refractivity contribution >= 4 is 0 Å². The molecule has 0 spiro atoms. The van der Waals surface area contributed by atoms with Gasteiger partial charge < -0.3 is 10.2 Å². The third kappa shape index (κ3) is 3.75. The summed E-state index contributed by atoms with van der Waals surface area (Å²) in [5.74, 6) is 1.75. The Bertz CT molecular complexity index is 292. The molecule has 0 radical (unpaired) electrons. The highest BCUT2D eigenvalue weighted by Gasteiger charge is 2.37. The normalized spacial score (nSPS) is 37.5. The number of hydrogen-bond acceptors (Lipinski definition) is 3. The van der Waals surface area contributed by atoms with E-state index in [4.69, 9.17) is 0 Å². The predicted octanol–water partition coefficient (Wildman–Crippen LogP) is 2.43. The molecule has 4 atom stereocenters. The maximum Gasteiger partial charge on any atom is 0.0255 e. The number of rotatable bonds is 4. The Balaban J connectivity index is 2.06. The van der Waals surface area contributed by atoms with E-state index in [0.717, 1.165) is 24.4 Å². The number of nitrogens with one attached hydrogen (secondary N) is 1. The van der Waals surface area contributed by atoms with Crippen molar-refractivity contribution in [2.45, 2.75) is 65.1 Å². The van der Waals surface area contributed by atoms with Crippen LogP contribution in [0, 0.1) is 11.8 Å². The Hall–Kier alpha value is -0.120. The molecule has 3 heteroatoms. The predicted molar refractivity (Wildman–Crippen MR) is 87.1 cm³/mol. The second-order valence-electron chi connectivity index (χ2n) is 7.40. The van der Waals surface area contributed by atoms with E-state index in [1.54, 1.807) is 0 Å². The second-order valence-corrected chi connectivity index (χ2v) is 7.40. The van der Waals surface area contributed by atoms with Crippen LogP contribution in [0.3, 0.4) is 0 Å². The molecule has 2 rings (SSSR count). The highest BCUT2D eigenvalue weighted by atomic mass is 15.3. The van der Waals surface area contributed by atoms with E-state index in [2.05, 4.69) is 49.9 Å². The van der Waals surface area contributed by atoms with E-state index >= 15 is 0 Å². The maximum atomic E-state index is 3.77. The Kier molecular flexibility index (Phi) is 5.88. The number of likely N-dealkylation sites (N-methyl/N-ethyl adjacent to an activating group) is 2. The first kappa shape index (κ1) is 16.3.